The number of benzene rings is 1. The van der Waals surface area contributed by atoms with Gasteiger partial charge in [0.05, 0.1) is 17.3 Å². The Balaban J connectivity index is 1.47. The number of hydrogen-bond donors (Lipinski definition) is 0. The summed E-state index contributed by atoms with van der Waals surface area (Å²) in [6.07, 6.45) is 9.25. The number of anilines is 1. The van der Waals surface area contributed by atoms with Crippen LogP contribution in [0.2, 0.25) is 0 Å². The Kier molecular flexibility index (Phi) is 3.48. The van der Waals surface area contributed by atoms with Crippen molar-refractivity contribution in [3.05, 3.63) is 55.0 Å². The standard InChI is InChI=1S/C19H20N6/c1-2-6-15(7-3-1)25-19-17(12-22-25)18(20-14-21-19)24-11-8-16(13-24)23-9-4-5-10-23/h1-7,12,14,16H,8-11,13H2. The van der Waals surface area contributed by atoms with E-state index in [1.54, 1.807) is 6.33 Å². The van der Waals surface area contributed by atoms with Gasteiger partial charge in [0.25, 0.3) is 0 Å². The fraction of sp³-hybridized carbons (Fsp3) is 0.316. The van der Waals surface area contributed by atoms with Crippen molar-refractivity contribution < 1.29 is 0 Å². The van der Waals surface area contributed by atoms with Crippen LogP contribution in [0.15, 0.2) is 55.0 Å². The van der Waals surface area contributed by atoms with Crippen molar-refractivity contribution in [1.82, 2.24) is 24.6 Å². The summed E-state index contributed by atoms with van der Waals surface area (Å²) in [7, 11) is 0. The molecule has 0 spiro atoms. The first-order chi connectivity index (χ1) is 12.4. The second kappa shape index (κ2) is 5.97. The maximum Gasteiger partial charge on any atom is 0.168 e. The molecule has 3 aromatic rings. The minimum atomic E-state index is 0.601. The van der Waals surface area contributed by atoms with Gasteiger partial charge in [0, 0.05) is 32.2 Å². The van der Waals surface area contributed by atoms with Gasteiger partial charge < -0.3 is 4.90 Å². The van der Waals surface area contributed by atoms with Gasteiger partial charge in [-0.1, -0.05) is 30.4 Å². The average molecular weight is 332 g/mol. The first-order valence-corrected chi connectivity index (χ1v) is 8.78. The van der Waals surface area contributed by atoms with Crippen molar-refractivity contribution in [2.45, 2.75) is 12.5 Å². The van der Waals surface area contributed by atoms with E-state index in [0.29, 0.717) is 6.04 Å². The summed E-state index contributed by atoms with van der Waals surface area (Å²) in [5.74, 6) is 1.00. The van der Waals surface area contributed by atoms with Crippen molar-refractivity contribution >= 4 is 16.9 Å². The molecule has 6 nitrogen and oxygen atoms in total. The third-order valence-corrected chi connectivity index (χ3v) is 5.17. The maximum atomic E-state index is 4.58. The van der Waals surface area contributed by atoms with E-state index >= 15 is 0 Å². The molecule has 6 heteroatoms. The Labute approximate surface area is 146 Å². The van der Waals surface area contributed by atoms with Crippen molar-refractivity contribution in [3.63, 3.8) is 0 Å². The van der Waals surface area contributed by atoms with Crippen LogP contribution in [0.4, 0.5) is 5.82 Å². The third-order valence-electron chi connectivity index (χ3n) is 5.17. The van der Waals surface area contributed by atoms with E-state index in [-0.39, 0.29) is 0 Å². The van der Waals surface area contributed by atoms with Crippen LogP contribution in [0.1, 0.15) is 6.42 Å². The van der Waals surface area contributed by atoms with Gasteiger partial charge in [-0.05, 0) is 18.6 Å². The molecule has 1 saturated heterocycles. The Hall–Kier alpha value is -2.73. The topological polar surface area (TPSA) is 50.1 Å². The highest BCUT2D eigenvalue weighted by Crippen LogP contribution is 2.28. The van der Waals surface area contributed by atoms with E-state index in [1.807, 2.05) is 41.2 Å². The van der Waals surface area contributed by atoms with Gasteiger partial charge >= 0.3 is 0 Å². The summed E-state index contributed by atoms with van der Waals surface area (Å²) in [6.45, 7) is 4.20. The normalized spacial score (nSPS) is 20.8. The van der Waals surface area contributed by atoms with Crippen LogP contribution in [0, 0.1) is 0 Å². The molecule has 25 heavy (non-hydrogen) atoms. The Morgan fingerprint density at radius 3 is 2.68 bits per heavy atom. The molecule has 1 unspecified atom stereocenters. The lowest BCUT2D eigenvalue weighted by Crippen LogP contribution is -2.35. The van der Waals surface area contributed by atoms with Crippen LogP contribution in [0.3, 0.4) is 0 Å². The molecule has 1 atom stereocenters. The average Bonchev–Trinajstić information content (AvgIpc) is 3.40. The highest BCUT2D eigenvalue weighted by atomic mass is 15.3. The molecule has 0 N–H and O–H groups in total. The van der Waals surface area contributed by atoms with Crippen LogP contribution >= 0.6 is 0 Å². The van der Waals surface area contributed by atoms with E-state index in [4.69, 9.17) is 0 Å². The monoisotopic (exact) mass is 332 g/mol. The van der Waals surface area contributed by atoms with E-state index in [9.17, 15) is 0 Å². The lowest BCUT2D eigenvalue weighted by Gasteiger charge is -2.24. The fourth-order valence-electron chi connectivity index (χ4n) is 3.87. The van der Waals surface area contributed by atoms with Crippen LogP contribution in [0.5, 0.6) is 0 Å². The zero-order valence-corrected chi connectivity index (χ0v) is 14.0. The molecule has 126 valence electrons. The minimum Gasteiger partial charge on any atom is -0.354 e. The van der Waals surface area contributed by atoms with Crippen LogP contribution in [-0.4, -0.2) is 56.9 Å². The molecule has 2 aromatic heterocycles. The predicted molar refractivity (Wildman–Crippen MR) is 98.0 cm³/mol. The molecule has 0 amide bonds. The molecule has 2 aliphatic rings. The second-order valence-corrected chi connectivity index (χ2v) is 6.64. The van der Waals surface area contributed by atoms with Gasteiger partial charge in [0.15, 0.2) is 5.65 Å². The Morgan fingerprint density at radius 2 is 1.84 bits per heavy atom. The summed E-state index contributed by atoms with van der Waals surface area (Å²) in [6, 6.07) is 10.7. The second-order valence-electron chi connectivity index (χ2n) is 6.64. The summed E-state index contributed by atoms with van der Waals surface area (Å²) < 4.78 is 1.89. The van der Waals surface area contributed by atoms with Crippen LogP contribution in [-0.2, 0) is 0 Å². The molecule has 0 bridgehead atoms. The zero-order chi connectivity index (χ0) is 16.6. The first-order valence-electron chi connectivity index (χ1n) is 8.78. The van der Waals surface area contributed by atoms with Crippen molar-refractivity contribution in [3.8, 4) is 5.69 Å². The molecule has 1 aromatic carbocycles. The van der Waals surface area contributed by atoms with E-state index in [2.05, 4.69) is 37.0 Å². The number of hydrogen-bond acceptors (Lipinski definition) is 5. The predicted octanol–water partition coefficient (Wildman–Crippen LogP) is 2.27. The van der Waals surface area contributed by atoms with E-state index in [1.165, 1.54) is 6.42 Å². The zero-order valence-electron chi connectivity index (χ0n) is 14.0. The van der Waals surface area contributed by atoms with Gasteiger partial charge in [-0.2, -0.15) is 5.10 Å². The molecular weight excluding hydrogens is 312 g/mol. The smallest absolute Gasteiger partial charge is 0.168 e. The number of fused-ring (bicyclic) bond motifs is 1. The molecule has 0 aliphatic carbocycles. The molecule has 0 radical (unpaired) electrons. The SMILES string of the molecule is C1=CCN(C2CCN(c3ncnc4c3cnn4-c3ccccc3)C2)C1. The minimum absolute atomic E-state index is 0.601. The number of nitrogens with zero attached hydrogens (tertiary/aromatic N) is 6. The highest BCUT2D eigenvalue weighted by Gasteiger charge is 2.29. The summed E-state index contributed by atoms with van der Waals surface area (Å²) in [5, 5.41) is 5.58. The summed E-state index contributed by atoms with van der Waals surface area (Å²) >= 11 is 0. The van der Waals surface area contributed by atoms with Crippen molar-refractivity contribution in [2.75, 3.05) is 31.1 Å². The Bertz CT molecular complexity index is 908. The highest BCUT2D eigenvalue weighted by molar-refractivity contribution is 5.87. The third kappa shape index (κ3) is 2.49. The quantitative estimate of drug-likeness (QED) is 0.689. The van der Waals surface area contributed by atoms with Gasteiger partial charge in [0.1, 0.15) is 12.1 Å². The van der Waals surface area contributed by atoms with Crippen LogP contribution < -0.4 is 4.90 Å². The van der Waals surface area contributed by atoms with Gasteiger partial charge in [-0.3, -0.25) is 4.90 Å². The summed E-state index contributed by atoms with van der Waals surface area (Å²) in [5.41, 5.74) is 1.88. The van der Waals surface area contributed by atoms with E-state index in [0.717, 1.165) is 48.7 Å². The molecule has 1 fully saturated rings. The first kappa shape index (κ1) is 14.6. The maximum absolute atomic E-state index is 4.58. The lowest BCUT2D eigenvalue weighted by molar-refractivity contribution is 0.271. The Morgan fingerprint density at radius 1 is 1.00 bits per heavy atom. The lowest BCUT2D eigenvalue weighted by atomic mass is 10.2. The molecular formula is C19H20N6. The molecule has 5 rings (SSSR count). The van der Waals surface area contributed by atoms with Crippen LogP contribution in [0.25, 0.3) is 16.7 Å². The summed E-state index contributed by atoms with van der Waals surface area (Å²) in [4.78, 5) is 14.0. The molecule has 2 aliphatic heterocycles. The molecule has 0 saturated carbocycles. The number of rotatable bonds is 3. The van der Waals surface area contributed by atoms with E-state index < -0.39 is 0 Å². The van der Waals surface area contributed by atoms with Crippen molar-refractivity contribution in [1.29, 1.82) is 0 Å². The van der Waals surface area contributed by atoms with Gasteiger partial charge in [0.2, 0.25) is 0 Å². The van der Waals surface area contributed by atoms with Crippen molar-refractivity contribution in [2.24, 2.45) is 0 Å². The fourth-order valence-corrected chi connectivity index (χ4v) is 3.87. The van der Waals surface area contributed by atoms with Gasteiger partial charge in [-0.25, -0.2) is 14.6 Å². The number of para-hydroxylation sites is 1. The van der Waals surface area contributed by atoms with Gasteiger partial charge in [-0.15, -0.1) is 0 Å². The number of aromatic nitrogens is 4. The largest absolute Gasteiger partial charge is 0.354 e. The molecule has 4 heterocycles.